The van der Waals surface area contributed by atoms with E-state index < -0.39 is 0 Å². The van der Waals surface area contributed by atoms with E-state index in [1.807, 2.05) is 25.1 Å². The van der Waals surface area contributed by atoms with Gasteiger partial charge in [-0.1, -0.05) is 12.2 Å². The van der Waals surface area contributed by atoms with Crippen molar-refractivity contribution in [1.29, 1.82) is 0 Å². The molecule has 0 amide bonds. The number of methoxy groups -OCH3 is 1. The van der Waals surface area contributed by atoms with Crippen LogP contribution < -0.4 is 10.5 Å². The number of hydrogen-bond donors (Lipinski definition) is 2. The van der Waals surface area contributed by atoms with Crippen LogP contribution in [0, 0.1) is 6.92 Å². The Hall–Kier alpha value is -1.48. The minimum atomic E-state index is 0.157. The summed E-state index contributed by atoms with van der Waals surface area (Å²) in [6.07, 6.45) is 3.70. The van der Waals surface area contributed by atoms with Crippen molar-refractivity contribution in [2.45, 2.75) is 6.92 Å². The fourth-order valence-electron chi connectivity index (χ4n) is 1.35. The van der Waals surface area contributed by atoms with E-state index in [-0.39, 0.29) is 5.75 Å². The van der Waals surface area contributed by atoms with Gasteiger partial charge in [-0.15, -0.1) is 0 Å². The molecule has 0 bridgehead atoms. The summed E-state index contributed by atoms with van der Waals surface area (Å²) < 4.78 is 5.04. The highest BCUT2D eigenvalue weighted by Gasteiger charge is 2.05. The topological polar surface area (TPSA) is 55.5 Å². The lowest BCUT2D eigenvalue weighted by Crippen LogP contribution is -1.92. The summed E-state index contributed by atoms with van der Waals surface area (Å²) in [5.41, 5.74) is 7.16. The second kappa shape index (κ2) is 4.67. The number of aromatic hydroxyl groups is 1. The Morgan fingerprint density at radius 3 is 2.71 bits per heavy atom. The van der Waals surface area contributed by atoms with Crippen molar-refractivity contribution < 1.29 is 9.84 Å². The third-order valence-electron chi connectivity index (χ3n) is 1.93. The van der Waals surface area contributed by atoms with Gasteiger partial charge < -0.3 is 15.6 Å². The average Bonchev–Trinajstić information content (AvgIpc) is 2.14. The van der Waals surface area contributed by atoms with Gasteiger partial charge >= 0.3 is 0 Å². The Labute approximate surface area is 83.8 Å². The third kappa shape index (κ3) is 2.26. The molecule has 3 N–H and O–H groups in total. The number of benzene rings is 1. The highest BCUT2D eigenvalue weighted by molar-refractivity contribution is 5.58. The SMILES string of the molecule is COc1c(C)cc(/C=C/CN)cc1O. The van der Waals surface area contributed by atoms with Crippen LogP contribution >= 0.6 is 0 Å². The maximum absolute atomic E-state index is 9.58. The van der Waals surface area contributed by atoms with Gasteiger partial charge in [0.1, 0.15) is 0 Å². The first kappa shape index (κ1) is 10.6. The molecule has 1 rings (SSSR count). The molecule has 0 aliphatic rings. The zero-order valence-corrected chi connectivity index (χ0v) is 8.45. The highest BCUT2D eigenvalue weighted by atomic mass is 16.5. The molecule has 3 nitrogen and oxygen atoms in total. The Bertz CT molecular complexity index is 322. The molecule has 0 heterocycles. The van der Waals surface area contributed by atoms with E-state index >= 15 is 0 Å². The van der Waals surface area contributed by atoms with Gasteiger partial charge in [-0.05, 0) is 30.2 Å². The van der Waals surface area contributed by atoms with Gasteiger partial charge in [-0.2, -0.15) is 0 Å². The Morgan fingerprint density at radius 2 is 2.21 bits per heavy atom. The maximum atomic E-state index is 9.58. The molecule has 0 atom stereocenters. The van der Waals surface area contributed by atoms with Crippen molar-refractivity contribution in [1.82, 2.24) is 0 Å². The van der Waals surface area contributed by atoms with Crippen LogP contribution in [0.3, 0.4) is 0 Å². The summed E-state index contributed by atoms with van der Waals surface area (Å²) in [4.78, 5) is 0. The molecule has 14 heavy (non-hydrogen) atoms. The highest BCUT2D eigenvalue weighted by Crippen LogP contribution is 2.31. The maximum Gasteiger partial charge on any atom is 0.163 e. The second-order valence-corrected chi connectivity index (χ2v) is 3.03. The summed E-state index contributed by atoms with van der Waals surface area (Å²) in [5, 5.41) is 9.58. The number of aryl methyl sites for hydroxylation is 1. The van der Waals surface area contributed by atoms with Gasteiger partial charge in [0.05, 0.1) is 7.11 Å². The molecular formula is C11H15NO2. The van der Waals surface area contributed by atoms with Crippen molar-refractivity contribution in [3.63, 3.8) is 0 Å². The van der Waals surface area contributed by atoms with Crippen molar-refractivity contribution in [3.05, 3.63) is 29.3 Å². The first-order valence-corrected chi connectivity index (χ1v) is 4.43. The zero-order valence-electron chi connectivity index (χ0n) is 8.45. The summed E-state index contributed by atoms with van der Waals surface area (Å²) in [7, 11) is 1.54. The van der Waals surface area contributed by atoms with Crippen molar-refractivity contribution in [2.75, 3.05) is 13.7 Å². The first-order valence-electron chi connectivity index (χ1n) is 4.43. The molecule has 0 aromatic heterocycles. The summed E-state index contributed by atoms with van der Waals surface area (Å²) in [6.45, 7) is 2.38. The minimum absolute atomic E-state index is 0.157. The van der Waals surface area contributed by atoms with E-state index in [1.54, 1.807) is 6.07 Å². The van der Waals surface area contributed by atoms with Crippen molar-refractivity contribution >= 4 is 6.08 Å². The normalized spacial score (nSPS) is 10.8. The Balaban J connectivity index is 3.07. The van der Waals surface area contributed by atoms with Crippen LogP contribution in [0.15, 0.2) is 18.2 Å². The summed E-state index contributed by atoms with van der Waals surface area (Å²) in [6, 6.07) is 3.59. The number of phenolic OH excluding ortho intramolecular Hbond substituents is 1. The molecule has 76 valence electrons. The van der Waals surface area contributed by atoms with Crippen LogP contribution in [-0.4, -0.2) is 18.8 Å². The predicted octanol–water partition coefficient (Wildman–Crippen LogP) is 1.68. The van der Waals surface area contributed by atoms with Crippen LogP contribution in [0.1, 0.15) is 11.1 Å². The number of phenols is 1. The number of hydrogen-bond acceptors (Lipinski definition) is 3. The summed E-state index contributed by atoms with van der Waals surface area (Å²) in [5.74, 6) is 0.680. The molecule has 1 aromatic carbocycles. The van der Waals surface area contributed by atoms with Gasteiger partial charge in [-0.3, -0.25) is 0 Å². The Kier molecular flexibility index (Phi) is 3.54. The van der Waals surface area contributed by atoms with E-state index in [4.69, 9.17) is 10.5 Å². The Morgan fingerprint density at radius 1 is 1.50 bits per heavy atom. The lowest BCUT2D eigenvalue weighted by molar-refractivity contribution is 0.371. The molecule has 0 saturated carbocycles. The molecular weight excluding hydrogens is 178 g/mol. The van der Waals surface area contributed by atoms with Crippen LogP contribution in [0.2, 0.25) is 0 Å². The average molecular weight is 193 g/mol. The molecule has 0 aliphatic heterocycles. The fourth-order valence-corrected chi connectivity index (χ4v) is 1.35. The number of nitrogens with two attached hydrogens (primary N) is 1. The molecule has 1 aromatic rings. The third-order valence-corrected chi connectivity index (χ3v) is 1.93. The smallest absolute Gasteiger partial charge is 0.163 e. The van der Waals surface area contributed by atoms with E-state index in [0.717, 1.165) is 11.1 Å². The quantitative estimate of drug-likeness (QED) is 0.768. The van der Waals surface area contributed by atoms with Crippen molar-refractivity contribution in [2.24, 2.45) is 5.73 Å². The van der Waals surface area contributed by atoms with Crippen LogP contribution in [0.25, 0.3) is 6.08 Å². The second-order valence-electron chi connectivity index (χ2n) is 3.03. The number of ether oxygens (including phenoxy) is 1. The zero-order chi connectivity index (χ0) is 10.6. The monoisotopic (exact) mass is 193 g/mol. The van der Waals surface area contributed by atoms with E-state index in [1.165, 1.54) is 7.11 Å². The molecule has 0 fully saturated rings. The van der Waals surface area contributed by atoms with Crippen LogP contribution in [-0.2, 0) is 0 Å². The molecule has 0 saturated heterocycles. The summed E-state index contributed by atoms with van der Waals surface area (Å²) >= 11 is 0. The molecule has 0 spiro atoms. The lowest BCUT2D eigenvalue weighted by Gasteiger charge is -2.07. The van der Waals surface area contributed by atoms with E-state index in [9.17, 15) is 5.11 Å². The van der Waals surface area contributed by atoms with Gasteiger partial charge in [0.15, 0.2) is 11.5 Å². The predicted molar refractivity (Wildman–Crippen MR) is 57.5 cm³/mol. The van der Waals surface area contributed by atoms with E-state index in [2.05, 4.69) is 0 Å². The standard InChI is InChI=1S/C11H15NO2/c1-8-6-9(4-3-5-12)7-10(13)11(8)14-2/h3-4,6-7,13H,5,12H2,1-2H3/b4-3+. The van der Waals surface area contributed by atoms with Crippen molar-refractivity contribution in [3.8, 4) is 11.5 Å². The van der Waals surface area contributed by atoms with E-state index in [0.29, 0.717) is 12.3 Å². The van der Waals surface area contributed by atoms with Gasteiger partial charge in [0.25, 0.3) is 0 Å². The molecule has 0 radical (unpaired) electrons. The first-order chi connectivity index (χ1) is 6.69. The van der Waals surface area contributed by atoms with Gasteiger partial charge in [-0.25, -0.2) is 0 Å². The molecule has 0 unspecified atom stereocenters. The van der Waals surface area contributed by atoms with Crippen LogP contribution in [0.5, 0.6) is 11.5 Å². The molecule has 0 aliphatic carbocycles. The largest absolute Gasteiger partial charge is 0.504 e. The molecule has 3 heteroatoms. The number of rotatable bonds is 3. The fraction of sp³-hybridized carbons (Fsp3) is 0.273. The minimum Gasteiger partial charge on any atom is -0.504 e. The van der Waals surface area contributed by atoms with Gasteiger partial charge in [0.2, 0.25) is 0 Å². The van der Waals surface area contributed by atoms with Gasteiger partial charge in [0, 0.05) is 6.54 Å². The van der Waals surface area contributed by atoms with Crippen LogP contribution in [0.4, 0.5) is 0 Å². The lowest BCUT2D eigenvalue weighted by atomic mass is 10.1.